The van der Waals surface area contributed by atoms with Gasteiger partial charge in [-0.3, -0.25) is 0 Å². The number of rotatable bonds is 3. The monoisotopic (exact) mass is 240 g/mol. The second kappa shape index (κ2) is 5.37. The highest BCUT2D eigenvalue weighted by Gasteiger charge is 2.18. The van der Waals surface area contributed by atoms with Crippen LogP contribution in [-0.2, 0) is 9.59 Å². The number of aliphatic imine (C=N–C) groups is 2. The van der Waals surface area contributed by atoms with Crippen molar-refractivity contribution < 1.29 is 9.59 Å². The molecule has 0 heterocycles. The van der Waals surface area contributed by atoms with Gasteiger partial charge in [-0.05, 0) is 31.4 Å². The zero-order chi connectivity index (χ0) is 13.0. The van der Waals surface area contributed by atoms with Crippen LogP contribution in [0.4, 0.5) is 11.4 Å². The third-order valence-corrected chi connectivity index (χ3v) is 3.17. The molecule has 1 aromatic carbocycles. The second-order valence-corrected chi connectivity index (χ2v) is 4.17. The zero-order valence-electron chi connectivity index (χ0n) is 10.0. The Balaban J connectivity index is 2.59. The van der Waals surface area contributed by atoms with Crippen LogP contribution in [-0.4, -0.2) is 12.2 Å². The van der Waals surface area contributed by atoms with Gasteiger partial charge in [-0.1, -0.05) is 18.2 Å². The molecular weight excluding hydrogens is 228 g/mol. The fraction of sp³-hybridized carbons (Fsp3) is 0.286. The minimum absolute atomic E-state index is 0.269. The van der Waals surface area contributed by atoms with Gasteiger partial charge < -0.3 is 0 Å². The van der Waals surface area contributed by atoms with Gasteiger partial charge in [-0.25, -0.2) is 9.59 Å². The number of hydrogen-bond acceptors (Lipinski definition) is 4. The van der Waals surface area contributed by atoms with Gasteiger partial charge in [0.2, 0.25) is 12.2 Å². The molecule has 0 aliphatic heterocycles. The highest BCUT2D eigenvalue weighted by molar-refractivity contribution is 5.69. The van der Waals surface area contributed by atoms with Crippen molar-refractivity contribution in [2.45, 2.75) is 25.7 Å². The van der Waals surface area contributed by atoms with Crippen LogP contribution in [0.3, 0.4) is 0 Å². The summed E-state index contributed by atoms with van der Waals surface area (Å²) in [6.07, 6.45) is 9.34. The van der Waals surface area contributed by atoms with Gasteiger partial charge in [0.05, 0.1) is 11.4 Å². The highest BCUT2D eigenvalue weighted by Crippen LogP contribution is 2.39. The molecule has 4 nitrogen and oxygen atoms in total. The van der Waals surface area contributed by atoms with Crippen LogP contribution in [0.15, 0.2) is 34.3 Å². The Morgan fingerprint density at radius 1 is 1.22 bits per heavy atom. The van der Waals surface area contributed by atoms with Gasteiger partial charge in [-0.15, -0.1) is 0 Å². The number of allylic oxidation sites excluding steroid dienone is 2. The van der Waals surface area contributed by atoms with E-state index in [1.807, 2.05) is 6.07 Å². The summed E-state index contributed by atoms with van der Waals surface area (Å²) in [5, 5.41) is 0. The molecular formula is C14H12N2O2. The molecule has 1 aliphatic carbocycles. The van der Waals surface area contributed by atoms with E-state index in [4.69, 9.17) is 0 Å². The molecule has 1 unspecified atom stereocenters. The highest BCUT2D eigenvalue weighted by atomic mass is 16.1. The predicted octanol–water partition coefficient (Wildman–Crippen LogP) is 3.36. The van der Waals surface area contributed by atoms with Crippen molar-refractivity contribution in [3.8, 4) is 0 Å². The molecule has 1 aliphatic rings. The van der Waals surface area contributed by atoms with E-state index in [0.29, 0.717) is 16.9 Å². The van der Waals surface area contributed by atoms with E-state index in [1.165, 1.54) is 6.08 Å². The smallest absolute Gasteiger partial charge is 0.211 e. The van der Waals surface area contributed by atoms with Crippen LogP contribution < -0.4 is 0 Å². The van der Waals surface area contributed by atoms with Gasteiger partial charge in [-0.2, -0.15) is 9.98 Å². The van der Waals surface area contributed by atoms with Crippen molar-refractivity contribution in [3.05, 3.63) is 35.4 Å². The van der Waals surface area contributed by atoms with Crippen molar-refractivity contribution in [2.75, 3.05) is 0 Å². The Morgan fingerprint density at radius 2 is 2.00 bits per heavy atom. The third kappa shape index (κ3) is 2.21. The third-order valence-electron chi connectivity index (χ3n) is 3.17. The van der Waals surface area contributed by atoms with Crippen LogP contribution in [0, 0.1) is 6.92 Å². The topological polar surface area (TPSA) is 58.9 Å². The minimum atomic E-state index is 0.269. The van der Waals surface area contributed by atoms with Crippen molar-refractivity contribution in [3.63, 3.8) is 0 Å². The number of nitrogens with zero attached hydrogens (tertiary/aromatic N) is 2. The molecule has 0 aromatic heterocycles. The molecule has 1 aromatic rings. The van der Waals surface area contributed by atoms with Gasteiger partial charge in [0.1, 0.15) is 0 Å². The van der Waals surface area contributed by atoms with Gasteiger partial charge in [0, 0.05) is 11.5 Å². The fourth-order valence-electron chi connectivity index (χ4n) is 2.27. The summed E-state index contributed by atoms with van der Waals surface area (Å²) in [6.45, 7) is 1.79. The van der Waals surface area contributed by atoms with Gasteiger partial charge in [0.25, 0.3) is 0 Å². The maximum absolute atomic E-state index is 10.5. The summed E-state index contributed by atoms with van der Waals surface area (Å²) in [5.41, 5.74) is 2.75. The molecule has 90 valence electrons. The number of benzene rings is 1. The van der Waals surface area contributed by atoms with Crippen LogP contribution in [0.25, 0.3) is 0 Å². The van der Waals surface area contributed by atoms with E-state index < -0.39 is 0 Å². The maximum Gasteiger partial charge on any atom is 0.240 e. The number of hydrogen-bond donors (Lipinski definition) is 0. The quantitative estimate of drug-likeness (QED) is 0.462. The van der Waals surface area contributed by atoms with Crippen molar-refractivity contribution in [1.82, 2.24) is 0 Å². The van der Waals surface area contributed by atoms with Crippen LogP contribution >= 0.6 is 0 Å². The molecule has 2 rings (SSSR count). The SMILES string of the molecule is Cc1c(N=C=O)ccc(C2C=CCC2)c1N=C=O. The Bertz CT molecular complexity index is 592. The lowest BCUT2D eigenvalue weighted by Gasteiger charge is -2.13. The summed E-state index contributed by atoms with van der Waals surface area (Å²) < 4.78 is 0. The maximum atomic E-state index is 10.5. The zero-order valence-corrected chi connectivity index (χ0v) is 10.0. The minimum Gasteiger partial charge on any atom is -0.211 e. The fourth-order valence-corrected chi connectivity index (χ4v) is 2.27. The van der Waals surface area contributed by atoms with E-state index in [0.717, 1.165) is 18.4 Å². The Morgan fingerprint density at radius 3 is 2.61 bits per heavy atom. The van der Waals surface area contributed by atoms with Crippen molar-refractivity contribution in [1.29, 1.82) is 0 Å². The molecule has 0 radical (unpaired) electrons. The van der Waals surface area contributed by atoms with E-state index in [1.54, 1.807) is 19.1 Å². The molecule has 0 saturated carbocycles. The van der Waals surface area contributed by atoms with Crippen molar-refractivity contribution >= 4 is 23.5 Å². The molecule has 0 spiro atoms. The molecule has 4 heteroatoms. The molecule has 0 amide bonds. The van der Waals surface area contributed by atoms with Gasteiger partial charge in [0.15, 0.2) is 0 Å². The molecule has 0 N–H and O–H groups in total. The lowest BCUT2D eigenvalue weighted by Crippen LogP contribution is -1.93. The van der Waals surface area contributed by atoms with Crippen LogP contribution in [0.2, 0.25) is 0 Å². The standard InChI is InChI=1S/C14H12N2O2/c1-10-13(15-8-17)7-6-12(14(10)16-9-18)11-4-2-3-5-11/h2,4,6-7,11H,3,5H2,1H3. The molecule has 18 heavy (non-hydrogen) atoms. The molecule has 1 atom stereocenters. The Labute approximate surface area is 105 Å². The Kier molecular flexibility index (Phi) is 3.63. The van der Waals surface area contributed by atoms with Gasteiger partial charge >= 0.3 is 0 Å². The first kappa shape index (κ1) is 12.2. The summed E-state index contributed by atoms with van der Waals surface area (Å²) in [5.74, 6) is 0.269. The first-order chi connectivity index (χ1) is 8.77. The second-order valence-electron chi connectivity index (χ2n) is 4.17. The van der Waals surface area contributed by atoms with Crippen LogP contribution in [0.5, 0.6) is 0 Å². The average Bonchev–Trinajstić information content (AvgIpc) is 2.88. The summed E-state index contributed by atoms with van der Waals surface area (Å²) >= 11 is 0. The van der Waals surface area contributed by atoms with E-state index in [2.05, 4.69) is 22.1 Å². The van der Waals surface area contributed by atoms with Crippen molar-refractivity contribution in [2.24, 2.45) is 9.98 Å². The normalized spacial score (nSPS) is 17.1. The largest absolute Gasteiger partial charge is 0.240 e. The molecule has 0 saturated heterocycles. The van der Waals surface area contributed by atoms with E-state index >= 15 is 0 Å². The Hall–Kier alpha value is -2.28. The predicted molar refractivity (Wildman–Crippen MR) is 67.9 cm³/mol. The lowest BCUT2D eigenvalue weighted by atomic mass is 9.94. The summed E-state index contributed by atoms with van der Waals surface area (Å²) in [7, 11) is 0. The van der Waals surface area contributed by atoms with E-state index in [9.17, 15) is 9.59 Å². The lowest BCUT2D eigenvalue weighted by molar-refractivity contribution is 0.564. The molecule has 0 bridgehead atoms. The number of carbonyl (C=O) groups excluding carboxylic acids is 2. The first-order valence-electron chi connectivity index (χ1n) is 5.74. The average molecular weight is 240 g/mol. The number of isocyanates is 2. The summed E-state index contributed by atoms with van der Waals surface area (Å²) in [4.78, 5) is 28.2. The molecule has 0 fully saturated rings. The van der Waals surface area contributed by atoms with Crippen LogP contribution in [0.1, 0.15) is 29.9 Å². The summed E-state index contributed by atoms with van der Waals surface area (Å²) in [6, 6.07) is 3.62. The van der Waals surface area contributed by atoms with E-state index in [-0.39, 0.29) is 5.92 Å². The first-order valence-corrected chi connectivity index (χ1v) is 5.74.